The molecule has 1 fully saturated rings. The van der Waals surface area contributed by atoms with Crippen LogP contribution in [0, 0.1) is 0 Å². The molecule has 1 aromatic rings. The van der Waals surface area contributed by atoms with E-state index in [2.05, 4.69) is 4.90 Å². The second-order valence-corrected chi connectivity index (χ2v) is 5.58. The van der Waals surface area contributed by atoms with Crippen molar-refractivity contribution >= 4 is 17.2 Å². The highest BCUT2D eigenvalue weighted by atomic mass is 32.1. The Morgan fingerprint density at radius 2 is 2.17 bits per heavy atom. The Bertz CT molecular complexity index is 372. The molecule has 1 saturated heterocycles. The molecule has 0 aromatic carbocycles. The van der Waals surface area contributed by atoms with Gasteiger partial charge in [-0.3, -0.25) is 9.69 Å². The Morgan fingerprint density at radius 1 is 1.44 bits per heavy atom. The van der Waals surface area contributed by atoms with Crippen LogP contribution in [-0.4, -0.2) is 59.6 Å². The average Bonchev–Trinajstić information content (AvgIpc) is 2.92. The van der Waals surface area contributed by atoms with Crippen molar-refractivity contribution in [2.45, 2.75) is 19.4 Å². The van der Waals surface area contributed by atoms with Gasteiger partial charge in [0.15, 0.2) is 0 Å². The first-order chi connectivity index (χ1) is 8.70. The Kier molecular flexibility index (Phi) is 4.74. The van der Waals surface area contributed by atoms with Crippen LogP contribution in [0.15, 0.2) is 17.5 Å². The number of carbonyl (C=O) groups excluding carboxylic acids is 1. The second-order valence-electron chi connectivity index (χ2n) is 4.63. The number of hydrogen-bond acceptors (Lipinski definition) is 4. The molecule has 0 spiro atoms. The molecule has 5 heteroatoms. The number of aliphatic hydroxyl groups excluding tert-OH is 1. The van der Waals surface area contributed by atoms with E-state index in [4.69, 9.17) is 0 Å². The molecule has 2 heterocycles. The Labute approximate surface area is 112 Å². The minimum atomic E-state index is -0.246. The quantitative estimate of drug-likeness (QED) is 0.894. The highest BCUT2D eigenvalue weighted by molar-refractivity contribution is 7.12. The zero-order valence-electron chi connectivity index (χ0n) is 10.7. The first kappa shape index (κ1) is 13.5. The van der Waals surface area contributed by atoms with Gasteiger partial charge in [0.1, 0.15) is 0 Å². The van der Waals surface area contributed by atoms with Gasteiger partial charge in [-0.1, -0.05) is 13.0 Å². The molecular formula is C13H20N2O2S. The van der Waals surface area contributed by atoms with Gasteiger partial charge in [-0.05, 0) is 17.9 Å². The van der Waals surface area contributed by atoms with Crippen molar-refractivity contribution in [2.75, 3.05) is 32.7 Å². The van der Waals surface area contributed by atoms with Gasteiger partial charge < -0.3 is 10.0 Å². The van der Waals surface area contributed by atoms with Crippen molar-refractivity contribution in [2.24, 2.45) is 0 Å². The zero-order chi connectivity index (χ0) is 13.0. The van der Waals surface area contributed by atoms with Crippen LogP contribution in [0.25, 0.3) is 0 Å². The second kappa shape index (κ2) is 6.31. The summed E-state index contributed by atoms with van der Waals surface area (Å²) in [4.78, 5) is 17.1. The number of aliphatic hydroxyl groups is 1. The molecule has 100 valence electrons. The van der Waals surface area contributed by atoms with Gasteiger partial charge in [0.2, 0.25) is 0 Å². The summed E-state index contributed by atoms with van der Waals surface area (Å²) in [6.45, 7) is 5.93. The summed E-state index contributed by atoms with van der Waals surface area (Å²) in [5, 5.41) is 11.5. The zero-order valence-corrected chi connectivity index (χ0v) is 11.5. The lowest BCUT2D eigenvalue weighted by atomic mass is 10.2. The predicted molar refractivity (Wildman–Crippen MR) is 73.0 cm³/mol. The van der Waals surface area contributed by atoms with Crippen LogP contribution in [0.4, 0.5) is 0 Å². The predicted octanol–water partition coefficient (Wildman–Crippen LogP) is 1.28. The standard InChI is InChI=1S/C13H20N2O2S/c1-2-11(16)10-14-5-7-15(8-6-14)13(17)12-4-3-9-18-12/h3-4,9,11,16H,2,5-8,10H2,1H3. The molecule has 1 aliphatic rings. The van der Waals surface area contributed by atoms with E-state index < -0.39 is 0 Å². The maximum atomic E-state index is 12.1. The van der Waals surface area contributed by atoms with Crippen molar-refractivity contribution in [3.05, 3.63) is 22.4 Å². The first-order valence-corrected chi connectivity index (χ1v) is 7.32. The molecule has 0 radical (unpaired) electrons. The normalized spacial score (nSPS) is 18.9. The third kappa shape index (κ3) is 3.31. The van der Waals surface area contributed by atoms with Gasteiger partial charge in [-0.15, -0.1) is 11.3 Å². The van der Waals surface area contributed by atoms with Crippen LogP contribution in [0.2, 0.25) is 0 Å². The van der Waals surface area contributed by atoms with Crippen molar-refractivity contribution in [1.82, 2.24) is 9.80 Å². The van der Waals surface area contributed by atoms with Gasteiger partial charge in [0.05, 0.1) is 11.0 Å². The third-order valence-corrected chi connectivity index (χ3v) is 4.19. The SMILES string of the molecule is CCC(O)CN1CCN(C(=O)c2cccs2)CC1. The molecule has 0 saturated carbocycles. The highest BCUT2D eigenvalue weighted by Gasteiger charge is 2.23. The summed E-state index contributed by atoms with van der Waals surface area (Å²) in [5.74, 6) is 0.140. The van der Waals surface area contributed by atoms with Gasteiger partial charge in [-0.2, -0.15) is 0 Å². The molecular weight excluding hydrogens is 248 g/mol. The summed E-state index contributed by atoms with van der Waals surface area (Å²) in [6.07, 6.45) is 0.540. The van der Waals surface area contributed by atoms with Crippen LogP contribution in [0.5, 0.6) is 0 Å². The number of β-amino-alcohol motifs (C(OH)–C–C–N with tert-alkyl or cyclic N) is 1. The molecule has 1 N–H and O–H groups in total. The summed E-state index contributed by atoms with van der Waals surface area (Å²) < 4.78 is 0. The van der Waals surface area contributed by atoms with Crippen LogP contribution < -0.4 is 0 Å². The van der Waals surface area contributed by atoms with E-state index in [1.165, 1.54) is 11.3 Å². The molecule has 4 nitrogen and oxygen atoms in total. The fraction of sp³-hybridized carbons (Fsp3) is 0.615. The Morgan fingerprint density at radius 3 is 2.72 bits per heavy atom. The van der Waals surface area contributed by atoms with Crippen LogP contribution in [-0.2, 0) is 0 Å². The molecule has 1 aliphatic heterocycles. The van der Waals surface area contributed by atoms with E-state index in [1.807, 2.05) is 29.3 Å². The van der Waals surface area contributed by atoms with Gasteiger partial charge in [0, 0.05) is 32.7 Å². The summed E-state index contributed by atoms with van der Waals surface area (Å²) >= 11 is 1.49. The fourth-order valence-electron chi connectivity index (χ4n) is 2.12. The minimum absolute atomic E-state index is 0.140. The molecule has 2 rings (SSSR count). The van der Waals surface area contributed by atoms with E-state index >= 15 is 0 Å². The van der Waals surface area contributed by atoms with E-state index in [0.717, 1.165) is 44.0 Å². The topological polar surface area (TPSA) is 43.8 Å². The van der Waals surface area contributed by atoms with Crippen LogP contribution in [0.3, 0.4) is 0 Å². The molecule has 18 heavy (non-hydrogen) atoms. The molecule has 1 unspecified atom stereocenters. The highest BCUT2D eigenvalue weighted by Crippen LogP contribution is 2.14. The van der Waals surface area contributed by atoms with Gasteiger partial charge in [0.25, 0.3) is 5.91 Å². The number of amides is 1. The van der Waals surface area contributed by atoms with Gasteiger partial charge in [-0.25, -0.2) is 0 Å². The molecule has 0 aliphatic carbocycles. The fourth-order valence-corrected chi connectivity index (χ4v) is 2.81. The van der Waals surface area contributed by atoms with E-state index in [9.17, 15) is 9.90 Å². The molecule has 1 amide bonds. The lowest BCUT2D eigenvalue weighted by Gasteiger charge is -2.35. The number of nitrogens with zero attached hydrogens (tertiary/aromatic N) is 2. The van der Waals surface area contributed by atoms with Crippen LogP contribution >= 0.6 is 11.3 Å². The monoisotopic (exact) mass is 268 g/mol. The number of rotatable bonds is 4. The van der Waals surface area contributed by atoms with E-state index in [-0.39, 0.29) is 12.0 Å². The van der Waals surface area contributed by atoms with Crippen molar-refractivity contribution in [3.8, 4) is 0 Å². The number of hydrogen-bond donors (Lipinski definition) is 1. The maximum absolute atomic E-state index is 12.1. The van der Waals surface area contributed by atoms with Crippen molar-refractivity contribution < 1.29 is 9.90 Å². The smallest absolute Gasteiger partial charge is 0.264 e. The largest absolute Gasteiger partial charge is 0.392 e. The summed E-state index contributed by atoms with van der Waals surface area (Å²) in [6, 6.07) is 3.78. The Balaban J connectivity index is 1.81. The Hall–Kier alpha value is -0.910. The van der Waals surface area contributed by atoms with Gasteiger partial charge >= 0.3 is 0 Å². The number of piperazine rings is 1. The lowest BCUT2D eigenvalue weighted by molar-refractivity contribution is 0.0527. The first-order valence-electron chi connectivity index (χ1n) is 6.44. The number of thiophene rings is 1. The van der Waals surface area contributed by atoms with E-state index in [0.29, 0.717) is 0 Å². The van der Waals surface area contributed by atoms with Crippen molar-refractivity contribution in [3.63, 3.8) is 0 Å². The molecule has 0 bridgehead atoms. The summed E-state index contributed by atoms with van der Waals surface area (Å²) in [7, 11) is 0. The van der Waals surface area contributed by atoms with Crippen molar-refractivity contribution in [1.29, 1.82) is 0 Å². The number of carbonyl (C=O) groups is 1. The molecule has 1 atom stereocenters. The maximum Gasteiger partial charge on any atom is 0.264 e. The molecule has 1 aromatic heterocycles. The average molecular weight is 268 g/mol. The van der Waals surface area contributed by atoms with Crippen LogP contribution in [0.1, 0.15) is 23.0 Å². The lowest BCUT2D eigenvalue weighted by Crippen LogP contribution is -2.50. The van der Waals surface area contributed by atoms with E-state index in [1.54, 1.807) is 0 Å². The minimum Gasteiger partial charge on any atom is -0.392 e. The summed E-state index contributed by atoms with van der Waals surface area (Å²) in [5.41, 5.74) is 0. The third-order valence-electron chi connectivity index (χ3n) is 3.33.